The number of ether oxygens (including phenoxy) is 1. The number of nitrogens with one attached hydrogen (secondary N) is 1. The second-order valence-electron chi connectivity index (χ2n) is 3.59. The van der Waals surface area contributed by atoms with E-state index < -0.39 is 16.0 Å². The predicted octanol–water partition coefficient (Wildman–Crippen LogP) is 2.49. The summed E-state index contributed by atoms with van der Waals surface area (Å²) in [5.41, 5.74) is 1.45. The number of thiazole rings is 1. The van der Waals surface area contributed by atoms with Crippen molar-refractivity contribution in [3.05, 3.63) is 39.9 Å². The average molecular weight is 377 g/mol. The van der Waals surface area contributed by atoms with Gasteiger partial charge in [-0.15, -0.1) is 11.3 Å². The van der Waals surface area contributed by atoms with E-state index in [2.05, 4.69) is 30.4 Å². The molecule has 6 nitrogen and oxygen atoms in total. The lowest BCUT2D eigenvalue weighted by molar-refractivity contribution is 0.0590. The van der Waals surface area contributed by atoms with Crippen molar-refractivity contribution in [3.63, 3.8) is 0 Å². The molecule has 0 radical (unpaired) electrons. The lowest BCUT2D eigenvalue weighted by atomic mass is 10.3. The Hall–Kier alpha value is -1.45. The summed E-state index contributed by atoms with van der Waals surface area (Å²) in [6, 6.07) is 6.60. The number of hydrogen-bond donors (Lipinski definition) is 1. The molecule has 1 aromatic heterocycles. The van der Waals surface area contributed by atoms with E-state index in [-0.39, 0.29) is 9.90 Å². The fraction of sp³-hybridized carbons (Fsp3) is 0.0909. The molecule has 1 aromatic carbocycles. The minimum Gasteiger partial charge on any atom is -0.464 e. The number of esters is 1. The van der Waals surface area contributed by atoms with Gasteiger partial charge in [-0.2, -0.15) is 0 Å². The molecular formula is C11H9BrN2O4S2. The molecule has 0 fully saturated rings. The molecule has 0 aliphatic carbocycles. The van der Waals surface area contributed by atoms with Crippen LogP contribution in [0.25, 0.3) is 0 Å². The zero-order chi connectivity index (χ0) is 14.8. The average Bonchev–Trinajstić information content (AvgIpc) is 2.90. The SMILES string of the molecule is COC(=O)c1ncsc1S(=O)(=O)Nc1ccc(Br)cc1. The van der Waals surface area contributed by atoms with E-state index >= 15 is 0 Å². The molecule has 0 saturated carbocycles. The largest absolute Gasteiger partial charge is 0.464 e. The third-order valence-corrected chi connectivity index (χ3v) is 5.53. The summed E-state index contributed by atoms with van der Waals surface area (Å²) >= 11 is 4.11. The molecule has 2 rings (SSSR count). The van der Waals surface area contributed by atoms with Gasteiger partial charge in [0.2, 0.25) is 0 Å². The third kappa shape index (κ3) is 3.17. The summed E-state index contributed by atoms with van der Waals surface area (Å²) in [6.45, 7) is 0. The molecule has 0 unspecified atom stereocenters. The molecule has 1 heterocycles. The Morgan fingerprint density at radius 2 is 2.00 bits per heavy atom. The van der Waals surface area contributed by atoms with Crippen LogP contribution in [-0.2, 0) is 14.8 Å². The van der Waals surface area contributed by atoms with Gasteiger partial charge in [-0.25, -0.2) is 18.2 Å². The van der Waals surface area contributed by atoms with E-state index in [9.17, 15) is 13.2 Å². The molecular weight excluding hydrogens is 368 g/mol. The molecule has 9 heteroatoms. The van der Waals surface area contributed by atoms with Crippen LogP contribution in [0.3, 0.4) is 0 Å². The highest BCUT2D eigenvalue weighted by Gasteiger charge is 2.26. The predicted molar refractivity (Wildman–Crippen MR) is 78.4 cm³/mol. The van der Waals surface area contributed by atoms with Crippen molar-refractivity contribution >= 4 is 48.9 Å². The van der Waals surface area contributed by atoms with Crippen molar-refractivity contribution in [2.75, 3.05) is 11.8 Å². The first-order valence-electron chi connectivity index (χ1n) is 5.24. The summed E-state index contributed by atoms with van der Waals surface area (Å²) in [6.07, 6.45) is 0. The van der Waals surface area contributed by atoms with Crippen LogP contribution in [-0.4, -0.2) is 26.5 Å². The van der Waals surface area contributed by atoms with Gasteiger partial charge >= 0.3 is 5.97 Å². The van der Waals surface area contributed by atoms with Gasteiger partial charge in [0, 0.05) is 10.2 Å². The Balaban J connectivity index is 2.34. The Labute approximate surface area is 128 Å². The third-order valence-electron chi connectivity index (χ3n) is 2.25. The Bertz CT molecular complexity index is 725. The lowest BCUT2D eigenvalue weighted by Gasteiger charge is -2.07. The monoisotopic (exact) mass is 376 g/mol. The fourth-order valence-corrected chi connectivity index (χ4v) is 3.83. The molecule has 0 aliphatic rings. The van der Waals surface area contributed by atoms with Crippen molar-refractivity contribution in [3.8, 4) is 0 Å². The van der Waals surface area contributed by atoms with E-state index in [1.54, 1.807) is 24.3 Å². The second kappa shape index (κ2) is 5.90. The van der Waals surface area contributed by atoms with Crippen LogP contribution < -0.4 is 4.72 Å². The number of rotatable bonds is 4. The number of carbonyl (C=O) groups is 1. The molecule has 20 heavy (non-hydrogen) atoms. The van der Waals surface area contributed by atoms with Crippen LogP contribution >= 0.6 is 27.3 Å². The van der Waals surface area contributed by atoms with Crippen LogP contribution in [0.15, 0.2) is 38.5 Å². The molecule has 0 spiro atoms. The van der Waals surface area contributed by atoms with Gasteiger partial charge in [-0.05, 0) is 24.3 Å². The lowest BCUT2D eigenvalue weighted by Crippen LogP contribution is -2.16. The number of sulfonamides is 1. The number of halogens is 1. The van der Waals surface area contributed by atoms with Crippen molar-refractivity contribution in [1.29, 1.82) is 0 Å². The van der Waals surface area contributed by atoms with Crippen LogP contribution in [0, 0.1) is 0 Å². The summed E-state index contributed by atoms with van der Waals surface area (Å²) in [5, 5.41) is 0. The number of methoxy groups -OCH3 is 1. The normalized spacial score (nSPS) is 11.1. The highest BCUT2D eigenvalue weighted by molar-refractivity contribution is 9.10. The maximum absolute atomic E-state index is 12.2. The molecule has 0 aliphatic heterocycles. The van der Waals surface area contributed by atoms with Gasteiger partial charge in [-0.1, -0.05) is 15.9 Å². The molecule has 2 aromatic rings. The van der Waals surface area contributed by atoms with Crippen LogP contribution in [0.5, 0.6) is 0 Å². The van der Waals surface area contributed by atoms with E-state index in [1.165, 1.54) is 12.6 Å². The van der Waals surface area contributed by atoms with Gasteiger partial charge in [-0.3, -0.25) is 4.72 Å². The van der Waals surface area contributed by atoms with Gasteiger partial charge in [0.05, 0.1) is 12.6 Å². The number of anilines is 1. The second-order valence-corrected chi connectivity index (χ2v) is 7.24. The molecule has 106 valence electrons. The Morgan fingerprint density at radius 1 is 1.35 bits per heavy atom. The number of carbonyl (C=O) groups excluding carboxylic acids is 1. The van der Waals surface area contributed by atoms with Crippen LogP contribution in [0.1, 0.15) is 10.5 Å². The number of benzene rings is 1. The Morgan fingerprint density at radius 3 is 2.60 bits per heavy atom. The van der Waals surface area contributed by atoms with Crippen molar-refractivity contribution in [2.24, 2.45) is 0 Å². The van der Waals surface area contributed by atoms with Crippen LogP contribution in [0.4, 0.5) is 5.69 Å². The summed E-state index contributed by atoms with van der Waals surface area (Å²) in [5.74, 6) is -0.789. The molecule has 0 amide bonds. The van der Waals surface area contributed by atoms with Crippen molar-refractivity contribution < 1.29 is 17.9 Å². The van der Waals surface area contributed by atoms with Gasteiger partial charge < -0.3 is 4.74 Å². The molecule has 0 bridgehead atoms. The zero-order valence-corrected chi connectivity index (χ0v) is 13.4. The number of nitrogens with zero attached hydrogens (tertiary/aromatic N) is 1. The molecule has 0 atom stereocenters. The maximum Gasteiger partial charge on any atom is 0.358 e. The summed E-state index contributed by atoms with van der Waals surface area (Å²) < 4.78 is 32.0. The standard InChI is InChI=1S/C11H9BrN2O4S2/c1-18-10(15)9-11(19-6-13-9)20(16,17)14-8-4-2-7(12)3-5-8/h2-6,14H,1H3. The first-order valence-corrected chi connectivity index (χ1v) is 8.40. The smallest absolute Gasteiger partial charge is 0.358 e. The first-order chi connectivity index (χ1) is 9.44. The highest BCUT2D eigenvalue weighted by Crippen LogP contribution is 2.24. The minimum atomic E-state index is -3.88. The topological polar surface area (TPSA) is 85.4 Å². The number of hydrogen-bond acceptors (Lipinski definition) is 6. The van der Waals surface area contributed by atoms with Crippen LogP contribution in [0.2, 0.25) is 0 Å². The number of aromatic nitrogens is 1. The van der Waals surface area contributed by atoms with Crippen molar-refractivity contribution in [2.45, 2.75) is 4.21 Å². The Kier molecular flexibility index (Phi) is 4.41. The van der Waals surface area contributed by atoms with Gasteiger partial charge in [0.15, 0.2) is 9.90 Å². The summed E-state index contributed by atoms with van der Waals surface area (Å²) in [7, 11) is -2.71. The van der Waals surface area contributed by atoms with E-state index in [1.807, 2.05) is 0 Å². The van der Waals surface area contributed by atoms with E-state index in [4.69, 9.17) is 0 Å². The maximum atomic E-state index is 12.2. The first kappa shape index (κ1) is 14.9. The fourth-order valence-electron chi connectivity index (χ4n) is 1.38. The van der Waals surface area contributed by atoms with Gasteiger partial charge in [0.1, 0.15) is 0 Å². The van der Waals surface area contributed by atoms with Crippen molar-refractivity contribution in [1.82, 2.24) is 4.98 Å². The molecule has 1 N–H and O–H groups in total. The highest BCUT2D eigenvalue weighted by atomic mass is 79.9. The summed E-state index contributed by atoms with van der Waals surface area (Å²) in [4.78, 5) is 15.2. The van der Waals surface area contributed by atoms with E-state index in [0.29, 0.717) is 5.69 Å². The van der Waals surface area contributed by atoms with E-state index in [0.717, 1.165) is 15.8 Å². The quantitative estimate of drug-likeness (QED) is 0.828. The molecule has 0 saturated heterocycles. The minimum absolute atomic E-state index is 0.174. The zero-order valence-electron chi connectivity index (χ0n) is 10.2. The van der Waals surface area contributed by atoms with Gasteiger partial charge in [0.25, 0.3) is 10.0 Å².